The molecule has 0 radical (unpaired) electrons. The van der Waals surface area contributed by atoms with Gasteiger partial charge >= 0.3 is 5.69 Å². The molecule has 2 aromatic carbocycles. The standard InChI is InChI=1S/C22H20N4O3/c1-3-13-24-15-23-20-19(24)21(27)25(14-16-9-5-4-6-10-16)22(28)26(20)17-11-7-8-12-18(17)29-2/h3-12,15H,1,13-14H2,2H3. The van der Waals surface area contributed by atoms with Gasteiger partial charge in [-0.3, -0.25) is 9.36 Å². The van der Waals surface area contributed by atoms with Gasteiger partial charge in [0.25, 0.3) is 5.56 Å². The summed E-state index contributed by atoms with van der Waals surface area (Å²) >= 11 is 0. The molecule has 146 valence electrons. The Morgan fingerprint density at radius 1 is 1.07 bits per heavy atom. The second-order valence-electron chi connectivity index (χ2n) is 6.52. The molecule has 0 aliphatic rings. The number of aromatic nitrogens is 4. The van der Waals surface area contributed by atoms with E-state index in [1.54, 1.807) is 29.1 Å². The van der Waals surface area contributed by atoms with E-state index in [1.807, 2.05) is 42.5 Å². The highest BCUT2D eigenvalue weighted by atomic mass is 16.5. The summed E-state index contributed by atoms with van der Waals surface area (Å²) in [7, 11) is 1.54. The number of allylic oxidation sites excluding steroid dienone is 1. The van der Waals surface area contributed by atoms with Gasteiger partial charge in [0.1, 0.15) is 5.75 Å². The zero-order valence-corrected chi connectivity index (χ0v) is 16.0. The second-order valence-corrected chi connectivity index (χ2v) is 6.52. The van der Waals surface area contributed by atoms with Crippen molar-refractivity contribution in [3.05, 3.63) is 100.0 Å². The van der Waals surface area contributed by atoms with Crippen LogP contribution >= 0.6 is 0 Å². The Morgan fingerprint density at radius 3 is 2.52 bits per heavy atom. The molecule has 4 aromatic rings. The summed E-state index contributed by atoms with van der Waals surface area (Å²) in [5.74, 6) is 0.513. The number of para-hydroxylation sites is 2. The Labute approximate surface area is 166 Å². The number of fused-ring (bicyclic) bond motifs is 1. The van der Waals surface area contributed by atoms with Crippen molar-refractivity contribution in [1.82, 2.24) is 18.7 Å². The van der Waals surface area contributed by atoms with Crippen molar-refractivity contribution in [1.29, 1.82) is 0 Å². The maximum absolute atomic E-state index is 13.4. The molecule has 0 N–H and O–H groups in total. The molecule has 0 bridgehead atoms. The van der Waals surface area contributed by atoms with Crippen LogP contribution in [0, 0.1) is 0 Å². The van der Waals surface area contributed by atoms with Crippen LogP contribution in [0.1, 0.15) is 5.56 Å². The van der Waals surface area contributed by atoms with Gasteiger partial charge in [-0.05, 0) is 17.7 Å². The third-order valence-electron chi connectivity index (χ3n) is 4.74. The molecular formula is C22H20N4O3. The first-order chi connectivity index (χ1) is 14.2. The molecule has 7 heteroatoms. The summed E-state index contributed by atoms with van der Waals surface area (Å²) in [4.78, 5) is 31.1. The number of rotatable bonds is 6. The summed E-state index contributed by atoms with van der Waals surface area (Å²) in [5.41, 5.74) is 1.14. The number of imidazole rings is 1. The number of hydrogen-bond donors (Lipinski definition) is 0. The average Bonchev–Trinajstić information content (AvgIpc) is 3.16. The van der Waals surface area contributed by atoms with Crippen LogP contribution in [0.3, 0.4) is 0 Å². The molecule has 0 aliphatic heterocycles. The summed E-state index contributed by atoms with van der Waals surface area (Å²) in [5, 5.41) is 0. The summed E-state index contributed by atoms with van der Waals surface area (Å²) < 4.78 is 9.80. The maximum Gasteiger partial charge on any atom is 0.337 e. The molecular weight excluding hydrogens is 368 g/mol. The fraction of sp³-hybridized carbons (Fsp3) is 0.136. The normalized spacial score (nSPS) is 10.9. The van der Waals surface area contributed by atoms with Gasteiger partial charge in [0.05, 0.1) is 25.7 Å². The fourth-order valence-corrected chi connectivity index (χ4v) is 3.39. The molecule has 0 amide bonds. The van der Waals surface area contributed by atoms with Crippen LogP contribution in [0.25, 0.3) is 16.9 Å². The van der Waals surface area contributed by atoms with E-state index in [2.05, 4.69) is 11.6 Å². The third kappa shape index (κ3) is 3.16. The maximum atomic E-state index is 13.4. The van der Waals surface area contributed by atoms with Gasteiger partial charge in [0.15, 0.2) is 11.2 Å². The van der Waals surface area contributed by atoms with Crippen LogP contribution < -0.4 is 16.0 Å². The molecule has 0 aliphatic carbocycles. The Morgan fingerprint density at radius 2 is 1.79 bits per heavy atom. The van der Waals surface area contributed by atoms with Crippen molar-refractivity contribution in [2.75, 3.05) is 7.11 Å². The molecule has 0 spiro atoms. The smallest absolute Gasteiger partial charge is 0.337 e. The van der Waals surface area contributed by atoms with E-state index in [0.29, 0.717) is 23.5 Å². The molecule has 4 rings (SSSR count). The van der Waals surface area contributed by atoms with Crippen molar-refractivity contribution >= 4 is 11.2 Å². The Balaban J connectivity index is 2.08. The molecule has 0 saturated heterocycles. The summed E-state index contributed by atoms with van der Waals surface area (Å²) in [6.45, 7) is 4.30. The first-order valence-electron chi connectivity index (χ1n) is 9.14. The monoisotopic (exact) mass is 388 g/mol. The van der Waals surface area contributed by atoms with E-state index >= 15 is 0 Å². The van der Waals surface area contributed by atoms with E-state index in [9.17, 15) is 9.59 Å². The highest BCUT2D eigenvalue weighted by Crippen LogP contribution is 2.23. The Hall–Kier alpha value is -3.87. The highest BCUT2D eigenvalue weighted by Gasteiger charge is 2.20. The molecule has 0 fully saturated rings. The van der Waals surface area contributed by atoms with Crippen molar-refractivity contribution in [3.8, 4) is 11.4 Å². The van der Waals surface area contributed by atoms with Gasteiger partial charge < -0.3 is 9.30 Å². The fourth-order valence-electron chi connectivity index (χ4n) is 3.39. The van der Waals surface area contributed by atoms with Crippen molar-refractivity contribution < 1.29 is 4.74 Å². The van der Waals surface area contributed by atoms with Gasteiger partial charge in [0.2, 0.25) is 0 Å². The third-order valence-corrected chi connectivity index (χ3v) is 4.74. The van der Waals surface area contributed by atoms with Crippen LogP contribution in [0.5, 0.6) is 5.75 Å². The SMILES string of the molecule is C=CCn1cnc2c1c(=O)n(Cc1ccccc1)c(=O)n2-c1ccccc1OC. The van der Waals surface area contributed by atoms with E-state index in [1.165, 1.54) is 16.2 Å². The molecule has 0 saturated carbocycles. The van der Waals surface area contributed by atoms with Gasteiger partial charge in [-0.1, -0.05) is 48.5 Å². The highest BCUT2D eigenvalue weighted by molar-refractivity contribution is 5.73. The van der Waals surface area contributed by atoms with Gasteiger partial charge in [0, 0.05) is 6.54 Å². The zero-order chi connectivity index (χ0) is 20.4. The van der Waals surface area contributed by atoms with Gasteiger partial charge in [-0.15, -0.1) is 6.58 Å². The number of benzene rings is 2. The van der Waals surface area contributed by atoms with Crippen LogP contribution in [-0.4, -0.2) is 25.8 Å². The van der Waals surface area contributed by atoms with E-state index in [0.717, 1.165) is 5.56 Å². The lowest BCUT2D eigenvalue weighted by molar-refractivity contribution is 0.412. The quantitative estimate of drug-likeness (QED) is 0.476. The predicted octanol–water partition coefficient (Wildman–Crippen LogP) is 2.59. The summed E-state index contributed by atoms with van der Waals surface area (Å²) in [6.07, 6.45) is 3.23. The Bertz CT molecular complexity index is 1300. The minimum atomic E-state index is -0.472. The number of nitrogens with zero attached hydrogens (tertiary/aromatic N) is 4. The lowest BCUT2D eigenvalue weighted by Gasteiger charge is -2.14. The molecule has 2 heterocycles. The van der Waals surface area contributed by atoms with E-state index in [4.69, 9.17) is 4.74 Å². The minimum absolute atomic E-state index is 0.156. The largest absolute Gasteiger partial charge is 0.495 e. The van der Waals surface area contributed by atoms with E-state index < -0.39 is 5.69 Å². The van der Waals surface area contributed by atoms with Crippen molar-refractivity contribution in [2.24, 2.45) is 0 Å². The van der Waals surface area contributed by atoms with Crippen molar-refractivity contribution in [3.63, 3.8) is 0 Å². The van der Waals surface area contributed by atoms with Crippen LogP contribution in [0.15, 0.2) is 83.2 Å². The number of hydrogen-bond acceptors (Lipinski definition) is 4. The predicted molar refractivity (Wildman–Crippen MR) is 112 cm³/mol. The first-order valence-corrected chi connectivity index (χ1v) is 9.14. The summed E-state index contributed by atoms with van der Waals surface area (Å²) in [6, 6.07) is 16.6. The molecule has 0 unspecified atom stereocenters. The first kappa shape index (κ1) is 18.5. The lowest BCUT2D eigenvalue weighted by atomic mass is 10.2. The average molecular weight is 388 g/mol. The lowest BCUT2D eigenvalue weighted by Crippen LogP contribution is -2.40. The topological polar surface area (TPSA) is 71.0 Å². The zero-order valence-electron chi connectivity index (χ0n) is 16.0. The molecule has 7 nitrogen and oxygen atoms in total. The van der Waals surface area contributed by atoms with Crippen molar-refractivity contribution in [2.45, 2.75) is 13.1 Å². The number of methoxy groups -OCH3 is 1. The van der Waals surface area contributed by atoms with Crippen LogP contribution in [0.2, 0.25) is 0 Å². The molecule has 0 atom stereocenters. The Kier molecular flexibility index (Phi) is 4.87. The van der Waals surface area contributed by atoms with E-state index in [-0.39, 0.29) is 17.8 Å². The van der Waals surface area contributed by atoms with Gasteiger partial charge in [-0.2, -0.15) is 0 Å². The minimum Gasteiger partial charge on any atom is -0.495 e. The van der Waals surface area contributed by atoms with Crippen LogP contribution in [-0.2, 0) is 13.1 Å². The van der Waals surface area contributed by atoms with Crippen LogP contribution in [0.4, 0.5) is 0 Å². The number of ether oxygens (including phenoxy) is 1. The molecule has 29 heavy (non-hydrogen) atoms. The second kappa shape index (κ2) is 7.63. The molecule has 2 aromatic heterocycles. The van der Waals surface area contributed by atoms with Gasteiger partial charge in [-0.25, -0.2) is 14.3 Å².